The lowest BCUT2D eigenvalue weighted by Crippen LogP contribution is -2.03. The Morgan fingerprint density at radius 2 is 2.00 bits per heavy atom. The van der Waals surface area contributed by atoms with E-state index in [0.29, 0.717) is 23.0 Å². The van der Waals surface area contributed by atoms with Crippen molar-refractivity contribution in [2.75, 3.05) is 12.8 Å². The number of hydrogen-bond acceptors (Lipinski definition) is 6. The molecule has 0 saturated carbocycles. The maximum absolute atomic E-state index is 6.06. The molecule has 0 atom stereocenters. The average molecular weight is 328 g/mol. The summed E-state index contributed by atoms with van der Waals surface area (Å²) in [7, 11) is 1.56. The van der Waals surface area contributed by atoms with Gasteiger partial charge in [0.2, 0.25) is 11.8 Å². The number of rotatable bonds is 4. The first kappa shape index (κ1) is 15.2. The maximum atomic E-state index is 6.06. The summed E-state index contributed by atoms with van der Waals surface area (Å²) >= 11 is 6.06. The van der Waals surface area contributed by atoms with Gasteiger partial charge in [0.05, 0.1) is 24.7 Å². The van der Waals surface area contributed by atoms with Crippen LogP contribution in [0.5, 0.6) is 5.88 Å². The predicted molar refractivity (Wildman–Crippen MR) is 88.3 cm³/mol. The van der Waals surface area contributed by atoms with E-state index in [1.54, 1.807) is 31.6 Å². The third-order valence-corrected chi connectivity index (χ3v) is 3.41. The van der Waals surface area contributed by atoms with E-state index >= 15 is 0 Å². The predicted octanol–water partition coefficient (Wildman–Crippen LogP) is 2.77. The molecule has 0 bridgehead atoms. The van der Waals surface area contributed by atoms with Crippen LogP contribution in [0.2, 0.25) is 5.02 Å². The van der Waals surface area contributed by atoms with Gasteiger partial charge in [0.25, 0.3) is 0 Å². The highest BCUT2D eigenvalue weighted by molar-refractivity contribution is 6.30. The van der Waals surface area contributed by atoms with Crippen molar-refractivity contribution < 1.29 is 4.74 Å². The highest BCUT2D eigenvalue weighted by Gasteiger charge is 2.12. The molecule has 23 heavy (non-hydrogen) atoms. The van der Waals surface area contributed by atoms with Gasteiger partial charge in [-0.15, -0.1) is 0 Å². The molecule has 0 aliphatic carbocycles. The lowest BCUT2D eigenvalue weighted by molar-refractivity contribution is 0.397. The minimum atomic E-state index is 0.235. The first-order chi connectivity index (χ1) is 11.2. The number of benzene rings is 1. The fraction of sp³-hybridized carbons (Fsp3) is 0.125. The van der Waals surface area contributed by atoms with Gasteiger partial charge in [-0.3, -0.25) is 0 Å². The molecule has 7 heteroatoms. The molecule has 1 aromatic carbocycles. The van der Waals surface area contributed by atoms with Crippen LogP contribution in [0.4, 0.5) is 5.95 Å². The van der Waals surface area contributed by atoms with Crippen LogP contribution in [-0.4, -0.2) is 27.0 Å². The summed E-state index contributed by atoms with van der Waals surface area (Å²) in [5.74, 6) is 0.678. The summed E-state index contributed by atoms with van der Waals surface area (Å²) in [5.41, 5.74) is 8.60. The molecule has 116 valence electrons. The Kier molecular flexibility index (Phi) is 4.34. The Bertz CT molecular complexity index is 840. The van der Waals surface area contributed by atoms with Gasteiger partial charge in [0.1, 0.15) is 5.69 Å². The van der Waals surface area contributed by atoms with Crippen LogP contribution >= 0.6 is 11.6 Å². The molecular formula is C16H14ClN5O. The molecule has 0 amide bonds. The van der Waals surface area contributed by atoms with Gasteiger partial charge >= 0.3 is 0 Å². The van der Waals surface area contributed by atoms with Crippen molar-refractivity contribution in [2.45, 2.75) is 6.42 Å². The highest BCUT2D eigenvalue weighted by atomic mass is 35.5. The van der Waals surface area contributed by atoms with Crippen LogP contribution in [0.15, 0.2) is 42.7 Å². The third-order valence-electron chi connectivity index (χ3n) is 3.17. The van der Waals surface area contributed by atoms with Gasteiger partial charge < -0.3 is 10.5 Å². The van der Waals surface area contributed by atoms with E-state index < -0.39 is 0 Å². The smallest absolute Gasteiger partial charge is 0.240 e. The number of hydrogen-bond donors (Lipinski definition) is 1. The molecule has 2 heterocycles. The minimum Gasteiger partial charge on any atom is -0.479 e. The van der Waals surface area contributed by atoms with Gasteiger partial charge in [-0.2, -0.15) is 0 Å². The fourth-order valence-corrected chi connectivity index (χ4v) is 2.36. The summed E-state index contributed by atoms with van der Waals surface area (Å²) in [6, 6.07) is 9.18. The number of nitrogen functional groups attached to an aromatic ring is 1. The molecule has 2 aromatic heterocycles. The summed E-state index contributed by atoms with van der Waals surface area (Å²) in [6.45, 7) is 0. The fourth-order valence-electron chi connectivity index (χ4n) is 2.17. The van der Waals surface area contributed by atoms with Crippen molar-refractivity contribution >= 4 is 17.5 Å². The van der Waals surface area contributed by atoms with E-state index in [2.05, 4.69) is 19.9 Å². The Morgan fingerprint density at radius 1 is 1.13 bits per heavy atom. The highest BCUT2D eigenvalue weighted by Crippen LogP contribution is 2.28. The van der Waals surface area contributed by atoms with E-state index in [-0.39, 0.29) is 5.95 Å². The maximum Gasteiger partial charge on any atom is 0.240 e. The van der Waals surface area contributed by atoms with Crippen LogP contribution in [-0.2, 0) is 6.42 Å². The summed E-state index contributed by atoms with van der Waals surface area (Å²) in [4.78, 5) is 17.0. The zero-order valence-electron chi connectivity index (χ0n) is 12.4. The Labute approximate surface area is 138 Å². The number of ether oxygens (including phenoxy) is 1. The van der Waals surface area contributed by atoms with Gasteiger partial charge in [-0.1, -0.05) is 23.7 Å². The largest absolute Gasteiger partial charge is 0.479 e. The van der Waals surface area contributed by atoms with Crippen LogP contribution in [0.25, 0.3) is 11.3 Å². The summed E-state index contributed by atoms with van der Waals surface area (Å²) in [5, 5.41) is 0.625. The van der Waals surface area contributed by atoms with Gasteiger partial charge in [-0.25, -0.2) is 19.9 Å². The number of nitrogens with zero attached hydrogens (tertiary/aromatic N) is 4. The Hall–Kier alpha value is -2.73. The Morgan fingerprint density at radius 3 is 2.74 bits per heavy atom. The van der Waals surface area contributed by atoms with E-state index in [0.717, 1.165) is 17.0 Å². The van der Waals surface area contributed by atoms with Crippen molar-refractivity contribution in [3.63, 3.8) is 0 Å². The van der Waals surface area contributed by atoms with E-state index in [9.17, 15) is 0 Å². The third kappa shape index (κ3) is 3.54. The first-order valence-corrected chi connectivity index (χ1v) is 7.27. The van der Waals surface area contributed by atoms with Crippen LogP contribution < -0.4 is 10.5 Å². The number of anilines is 1. The number of halogens is 1. The van der Waals surface area contributed by atoms with E-state index in [4.69, 9.17) is 22.1 Å². The molecule has 0 spiro atoms. The monoisotopic (exact) mass is 327 g/mol. The number of methoxy groups -OCH3 is 1. The van der Waals surface area contributed by atoms with Crippen molar-refractivity contribution in [1.82, 2.24) is 19.9 Å². The van der Waals surface area contributed by atoms with Crippen molar-refractivity contribution in [1.29, 1.82) is 0 Å². The second-order valence-corrected chi connectivity index (χ2v) is 5.25. The molecule has 6 nitrogen and oxygen atoms in total. The van der Waals surface area contributed by atoms with Crippen molar-refractivity contribution in [3.8, 4) is 17.1 Å². The SMILES string of the molecule is COc1ncc(Cc2ccnc(N)n2)nc1-c1cccc(Cl)c1. The molecule has 0 aliphatic heterocycles. The molecule has 3 aromatic rings. The normalized spacial score (nSPS) is 10.5. The van der Waals surface area contributed by atoms with E-state index in [1.807, 2.05) is 18.2 Å². The summed E-state index contributed by atoms with van der Waals surface area (Å²) in [6.07, 6.45) is 3.77. The molecular weight excluding hydrogens is 314 g/mol. The molecule has 0 unspecified atom stereocenters. The molecule has 0 fully saturated rings. The molecule has 2 N–H and O–H groups in total. The Balaban J connectivity index is 1.99. The quantitative estimate of drug-likeness (QED) is 0.792. The molecule has 0 radical (unpaired) electrons. The van der Waals surface area contributed by atoms with Crippen LogP contribution in [0, 0.1) is 0 Å². The summed E-state index contributed by atoms with van der Waals surface area (Å²) < 4.78 is 5.30. The van der Waals surface area contributed by atoms with Crippen LogP contribution in [0.1, 0.15) is 11.4 Å². The zero-order valence-corrected chi connectivity index (χ0v) is 13.2. The number of nitrogens with two attached hydrogens (primary N) is 1. The van der Waals surface area contributed by atoms with Gasteiger partial charge in [0, 0.05) is 23.2 Å². The first-order valence-electron chi connectivity index (χ1n) is 6.89. The topological polar surface area (TPSA) is 86.8 Å². The lowest BCUT2D eigenvalue weighted by atomic mass is 10.1. The lowest BCUT2D eigenvalue weighted by Gasteiger charge is -2.09. The molecule has 0 saturated heterocycles. The number of aromatic nitrogens is 4. The minimum absolute atomic E-state index is 0.235. The van der Waals surface area contributed by atoms with Crippen molar-refractivity contribution in [2.24, 2.45) is 0 Å². The zero-order chi connectivity index (χ0) is 16.2. The van der Waals surface area contributed by atoms with Crippen molar-refractivity contribution in [3.05, 3.63) is 59.1 Å². The second-order valence-electron chi connectivity index (χ2n) is 4.81. The molecule has 0 aliphatic rings. The van der Waals surface area contributed by atoms with E-state index in [1.165, 1.54) is 0 Å². The van der Waals surface area contributed by atoms with Gasteiger partial charge in [-0.05, 0) is 18.2 Å². The average Bonchev–Trinajstić information content (AvgIpc) is 2.55. The van der Waals surface area contributed by atoms with Gasteiger partial charge in [0.15, 0.2) is 0 Å². The second kappa shape index (κ2) is 6.58. The van der Waals surface area contributed by atoms with Crippen LogP contribution in [0.3, 0.4) is 0 Å². The standard InChI is InChI=1S/C16H14ClN5O/c1-23-15-14(10-3-2-4-11(17)7-10)21-13(9-20-15)8-12-5-6-19-16(18)22-12/h2-7,9H,8H2,1H3,(H2,18,19,22). The molecule has 3 rings (SSSR count).